The lowest BCUT2D eigenvalue weighted by Crippen LogP contribution is -2.45. The number of likely N-dealkylation sites (tertiary alicyclic amines) is 1. The number of nitrogens with two attached hydrogens (primary N) is 1. The van der Waals surface area contributed by atoms with Gasteiger partial charge in [0.05, 0.1) is 0 Å². The van der Waals surface area contributed by atoms with Gasteiger partial charge >= 0.3 is 5.97 Å². The lowest BCUT2D eigenvalue weighted by molar-refractivity contribution is -0.142. The van der Waals surface area contributed by atoms with Gasteiger partial charge in [-0.25, -0.2) is 0 Å². The predicted octanol–water partition coefficient (Wildman–Crippen LogP) is 0.927. The lowest BCUT2D eigenvalue weighted by atomic mass is 9.95. The summed E-state index contributed by atoms with van der Waals surface area (Å²) in [5, 5.41) is 8.92. The van der Waals surface area contributed by atoms with Gasteiger partial charge < -0.3 is 20.5 Å². The molecule has 1 fully saturated rings. The number of carboxylic acid groups (broad SMARTS) is 1. The highest BCUT2D eigenvalue weighted by molar-refractivity contribution is 5.77. The van der Waals surface area contributed by atoms with Gasteiger partial charge in [-0.2, -0.15) is 0 Å². The Morgan fingerprint density at radius 2 is 2.11 bits per heavy atom. The Hall–Kier alpha value is -0.650. The number of carboxylic acids is 1. The van der Waals surface area contributed by atoms with Crippen LogP contribution in [0, 0.1) is 5.92 Å². The number of piperidine rings is 1. The lowest BCUT2D eigenvalue weighted by Gasteiger charge is -2.32. The molecular formula is C13H26N2O3. The number of ether oxygens (including phenoxy) is 1. The van der Waals surface area contributed by atoms with Gasteiger partial charge in [0.1, 0.15) is 5.54 Å². The number of carbonyl (C=O) groups is 1. The summed E-state index contributed by atoms with van der Waals surface area (Å²) in [6.45, 7) is 5.55. The maximum atomic E-state index is 10.9. The van der Waals surface area contributed by atoms with E-state index in [1.807, 2.05) is 0 Å². The first-order valence-corrected chi connectivity index (χ1v) is 6.69. The quantitative estimate of drug-likeness (QED) is 0.710. The molecule has 18 heavy (non-hydrogen) atoms. The molecule has 0 saturated carbocycles. The zero-order chi connectivity index (χ0) is 13.6. The van der Waals surface area contributed by atoms with Crippen LogP contribution in [0.5, 0.6) is 0 Å². The highest BCUT2D eigenvalue weighted by Crippen LogP contribution is 2.18. The third-order valence-corrected chi connectivity index (χ3v) is 3.77. The van der Waals surface area contributed by atoms with Gasteiger partial charge in [0, 0.05) is 13.7 Å². The average molecular weight is 258 g/mol. The molecule has 1 saturated heterocycles. The Balaban J connectivity index is 2.16. The summed E-state index contributed by atoms with van der Waals surface area (Å²) in [6.07, 6.45) is 3.72. The molecule has 1 unspecified atom stereocenters. The second-order valence-corrected chi connectivity index (χ2v) is 5.57. The van der Waals surface area contributed by atoms with Gasteiger partial charge in [-0.05, 0) is 58.2 Å². The average Bonchev–Trinajstić information content (AvgIpc) is 2.31. The molecule has 106 valence electrons. The van der Waals surface area contributed by atoms with Gasteiger partial charge in [0.15, 0.2) is 0 Å². The molecule has 0 spiro atoms. The minimum Gasteiger partial charge on any atom is -0.480 e. The highest BCUT2D eigenvalue weighted by atomic mass is 16.5. The Kier molecular flexibility index (Phi) is 6.05. The molecule has 0 aromatic carbocycles. The zero-order valence-corrected chi connectivity index (χ0v) is 11.5. The van der Waals surface area contributed by atoms with E-state index in [-0.39, 0.29) is 0 Å². The van der Waals surface area contributed by atoms with Gasteiger partial charge in [-0.15, -0.1) is 0 Å². The summed E-state index contributed by atoms with van der Waals surface area (Å²) in [5.41, 5.74) is 4.61. The van der Waals surface area contributed by atoms with E-state index in [0.29, 0.717) is 12.3 Å². The Labute approximate surface area is 109 Å². The fourth-order valence-electron chi connectivity index (χ4n) is 2.39. The molecule has 1 rings (SSSR count). The number of hydrogen-bond donors (Lipinski definition) is 2. The van der Waals surface area contributed by atoms with Crippen molar-refractivity contribution in [2.45, 2.75) is 38.1 Å². The second-order valence-electron chi connectivity index (χ2n) is 5.57. The molecule has 0 radical (unpaired) electrons. The highest BCUT2D eigenvalue weighted by Gasteiger charge is 2.27. The normalized spacial score (nSPS) is 21.7. The molecule has 0 bridgehead atoms. The van der Waals surface area contributed by atoms with Gasteiger partial charge in [-0.3, -0.25) is 4.79 Å². The molecular weight excluding hydrogens is 232 g/mol. The van der Waals surface area contributed by atoms with Crippen LogP contribution in [-0.4, -0.2) is 54.9 Å². The van der Waals surface area contributed by atoms with Crippen molar-refractivity contribution in [2.75, 3.05) is 33.4 Å². The zero-order valence-electron chi connectivity index (χ0n) is 11.5. The van der Waals surface area contributed by atoms with Crippen molar-refractivity contribution in [1.29, 1.82) is 0 Å². The molecule has 1 aliphatic rings. The summed E-state index contributed by atoms with van der Waals surface area (Å²) in [6, 6.07) is 0. The van der Waals surface area contributed by atoms with Crippen molar-refractivity contribution >= 4 is 5.97 Å². The van der Waals surface area contributed by atoms with Crippen molar-refractivity contribution in [1.82, 2.24) is 4.90 Å². The summed E-state index contributed by atoms with van der Waals surface area (Å²) < 4.78 is 5.17. The minimum atomic E-state index is -1.09. The van der Waals surface area contributed by atoms with E-state index in [9.17, 15) is 4.79 Å². The van der Waals surface area contributed by atoms with Crippen LogP contribution in [0.15, 0.2) is 0 Å². The fraction of sp³-hybridized carbons (Fsp3) is 0.923. The number of hydrogen-bond acceptors (Lipinski definition) is 4. The predicted molar refractivity (Wildman–Crippen MR) is 70.5 cm³/mol. The first-order valence-electron chi connectivity index (χ1n) is 6.69. The monoisotopic (exact) mass is 258 g/mol. The SMILES string of the molecule is COCC1CCN(CCCC(C)(N)C(=O)O)CC1. The number of methoxy groups -OCH3 is 1. The number of rotatable bonds is 7. The van der Waals surface area contributed by atoms with Gasteiger partial charge in [-0.1, -0.05) is 0 Å². The van der Waals surface area contributed by atoms with E-state index in [4.69, 9.17) is 15.6 Å². The van der Waals surface area contributed by atoms with E-state index >= 15 is 0 Å². The molecule has 3 N–H and O–H groups in total. The van der Waals surface area contributed by atoms with E-state index in [0.717, 1.165) is 32.7 Å². The van der Waals surface area contributed by atoms with Crippen molar-refractivity contribution in [3.8, 4) is 0 Å². The Morgan fingerprint density at radius 1 is 1.50 bits per heavy atom. The molecule has 1 heterocycles. The van der Waals surface area contributed by atoms with Crippen LogP contribution in [0.3, 0.4) is 0 Å². The first kappa shape index (κ1) is 15.4. The van der Waals surface area contributed by atoms with Crippen LogP contribution in [0.1, 0.15) is 32.6 Å². The maximum absolute atomic E-state index is 10.9. The Morgan fingerprint density at radius 3 is 2.61 bits per heavy atom. The smallest absolute Gasteiger partial charge is 0.323 e. The van der Waals surface area contributed by atoms with Crippen molar-refractivity contribution in [3.05, 3.63) is 0 Å². The standard InChI is InChI=1S/C13H26N2O3/c1-13(14,12(16)17)6-3-7-15-8-4-11(5-9-15)10-18-2/h11H,3-10,14H2,1-2H3,(H,16,17). The molecule has 0 aliphatic carbocycles. The fourth-order valence-corrected chi connectivity index (χ4v) is 2.39. The molecule has 0 amide bonds. The van der Waals surface area contributed by atoms with Gasteiger partial charge in [0.25, 0.3) is 0 Å². The summed E-state index contributed by atoms with van der Waals surface area (Å²) in [7, 11) is 1.75. The molecule has 1 atom stereocenters. The van der Waals surface area contributed by atoms with Crippen molar-refractivity contribution in [2.24, 2.45) is 11.7 Å². The third kappa shape index (κ3) is 4.92. The minimum absolute atomic E-state index is 0.528. The van der Waals surface area contributed by atoms with Crippen LogP contribution in [-0.2, 0) is 9.53 Å². The van der Waals surface area contributed by atoms with E-state index in [2.05, 4.69) is 4.90 Å². The molecule has 5 heteroatoms. The van der Waals surface area contributed by atoms with Crippen LogP contribution in [0.2, 0.25) is 0 Å². The van der Waals surface area contributed by atoms with Crippen LogP contribution >= 0.6 is 0 Å². The summed E-state index contributed by atoms with van der Waals surface area (Å²) in [5.74, 6) is -0.230. The molecule has 0 aromatic rings. The molecule has 5 nitrogen and oxygen atoms in total. The summed E-state index contributed by atoms with van der Waals surface area (Å²) >= 11 is 0. The van der Waals surface area contributed by atoms with Crippen LogP contribution in [0.4, 0.5) is 0 Å². The van der Waals surface area contributed by atoms with E-state index < -0.39 is 11.5 Å². The number of aliphatic carboxylic acids is 1. The maximum Gasteiger partial charge on any atom is 0.323 e. The molecule has 1 aliphatic heterocycles. The Bertz CT molecular complexity index is 261. The second kappa shape index (κ2) is 7.07. The summed E-state index contributed by atoms with van der Waals surface area (Å²) in [4.78, 5) is 13.3. The first-order chi connectivity index (χ1) is 8.45. The largest absolute Gasteiger partial charge is 0.480 e. The van der Waals surface area contributed by atoms with Crippen LogP contribution in [0.25, 0.3) is 0 Å². The molecule has 0 aromatic heterocycles. The third-order valence-electron chi connectivity index (χ3n) is 3.77. The topological polar surface area (TPSA) is 75.8 Å². The van der Waals surface area contributed by atoms with E-state index in [1.165, 1.54) is 12.8 Å². The van der Waals surface area contributed by atoms with Crippen molar-refractivity contribution < 1.29 is 14.6 Å². The van der Waals surface area contributed by atoms with Gasteiger partial charge in [0.2, 0.25) is 0 Å². The van der Waals surface area contributed by atoms with E-state index in [1.54, 1.807) is 14.0 Å². The van der Waals surface area contributed by atoms with Crippen LogP contribution < -0.4 is 5.73 Å². The van der Waals surface area contributed by atoms with Crippen molar-refractivity contribution in [3.63, 3.8) is 0 Å². The number of nitrogens with zero attached hydrogens (tertiary/aromatic N) is 1.